The number of hydrogen-bond donors (Lipinski definition) is 4. The monoisotopic (exact) mass is 1460 g/mol. The average molecular weight is 1460 g/mol. The first kappa shape index (κ1) is 96.7. The van der Waals surface area contributed by atoms with Crippen LogP contribution >= 0.6 is 15.6 Å². The van der Waals surface area contributed by atoms with E-state index >= 15 is 0 Å². The summed E-state index contributed by atoms with van der Waals surface area (Å²) in [6.45, 7) is 2.41. The summed E-state index contributed by atoms with van der Waals surface area (Å²) in [6, 6.07) is 0. The van der Waals surface area contributed by atoms with E-state index in [0.717, 1.165) is 173 Å². The molecular weight excluding hydrogens is 1310 g/mol. The van der Waals surface area contributed by atoms with Gasteiger partial charge in [0.05, 0.1) is 26.4 Å². The Balaban J connectivity index is 4.44. The smallest absolute Gasteiger partial charge is 0.463 e. The van der Waals surface area contributed by atoms with Crippen molar-refractivity contribution < 1.29 is 75.8 Å². The van der Waals surface area contributed by atoms with E-state index in [0.29, 0.717) is 19.3 Å². The number of aliphatic hydroxyl groups excluding tert-OH is 2. The highest BCUT2D eigenvalue weighted by Gasteiger charge is 2.29. The number of unbranched alkanes of at least 4 members (excludes halogenated alkanes) is 29. The lowest BCUT2D eigenvalue weighted by Crippen LogP contribution is -2.30. The molecule has 101 heavy (non-hydrogen) atoms. The zero-order valence-corrected chi connectivity index (χ0v) is 65.1. The zero-order chi connectivity index (χ0) is 73.7. The second kappa shape index (κ2) is 75.4. The van der Waals surface area contributed by atoms with Crippen LogP contribution in [0.4, 0.5) is 0 Å². The highest BCUT2D eigenvalue weighted by Crippen LogP contribution is 2.45. The summed E-state index contributed by atoms with van der Waals surface area (Å²) >= 11 is 0. The molecule has 5 unspecified atom stereocenters. The molecule has 16 nitrogen and oxygen atoms in total. The first-order valence-electron chi connectivity index (χ1n) is 39.5. The fourth-order valence-electron chi connectivity index (χ4n) is 10.4. The molecule has 0 bridgehead atoms. The molecule has 0 heterocycles. The molecule has 0 radical (unpaired) electrons. The number of ether oxygens (including phenoxy) is 3. The van der Waals surface area contributed by atoms with E-state index in [1.165, 1.54) is 83.5 Å². The van der Waals surface area contributed by atoms with Crippen LogP contribution in [0.1, 0.15) is 316 Å². The molecule has 4 N–H and O–H groups in total. The maximum Gasteiger partial charge on any atom is 0.472 e. The molecule has 0 fully saturated rings. The zero-order valence-electron chi connectivity index (χ0n) is 63.3. The van der Waals surface area contributed by atoms with Crippen molar-refractivity contribution in [2.45, 2.75) is 334 Å². The fourth-order valence-corrected chi connectivity index (χ4v) is 12.0. The molecule has 18 heteroatoms. The van der Waals surface area contributed by atoms with Crippen LogP contribution in [0, 0.1) is 0 Å². The lowest BCUT2D eigenvalue weighted by molar-refractivity contribution is -0.161. The van der Waals surface area contributed by atoms with E-state index < -0.39 is 91.5 Å². The summed E-state index contributed by atoms with van der Waals surface area (Å²) < 4.78 is 61.1. The van der Waals surface area contributed by atoms with Crippen molar-refractivity contribution in [3.63, 3.8) is 0 Å². The fraction of sp³-hybridized carbons (Fsp3) is 0.699. The molecule has 0 aromatic rings. The number of phosphoric acid groups is 2. The van der Waals surface area contributed by atoms with Gasteiger partial charge >= 0.3 is 33.6 Å². The Hall–Kier alpha value is -4.31. The minimum absolute atomic E-state index is 0.0849. The number of rotatable bonds is 74. The molecule has 5 atom stereocenters. The van der Waals surface area contributed by atoms with Gasteiger partial charge in [0.15, 0.2) is 6.10 Å². The van der Waals surface area contributed by atoms with E-state index in [1.54, 1.807) is 0 Å². The number of aliphatic hydroxyl groups is 2. The maximum atomic E-state index is 12.9. The molecule has 580 valence electrons. The number of hydrogen-bond acceptors (Lipinski definition) is 14. The SMILES string of the molecule is CC/C=C\C/C=C\C/C=C\C/C=C\C/C=C\C/C=C\CCCCCCCCCCCCCCCCC(=O)OCC(O)COP(=O)(O)OCC(O)COP(=O)(O)OCC(COC(=O)CCCCCCCCC/C=C\C/C=C\C/C=C\CC)OC(=O)CCCCCCC/C=C\C/C=C\CCCCC. The molecule has 0 amide bonds. The Morgan fingerprint density at radius 2 is 0.525 bits per heavy atom. The molecule has 0 saturated heterocycles. The number of phosphoric ester groups is 2. The summed E-state index contributed by atoms with van der Waals surface area (Å²) in [4.78, 5) is 58.6. The van der Waals surface area contributed by atoms with Crippen LogP contribution in [0.2, 0.25) is 0 Å². The average Bonchev–Trinajstić information content (AvgIpc) is 1.12. The van der Waals surface area contributed by atoms with E-state index in [1.807, 2.05) is 0 Å². The highest BCUT2D eigenvalue weighted by atomic mass is 31.2. The summed E-state index contributed by atoms with van der Waals surface area (Å²) in [5, 5.41) is 20.6. The summed E-state index contributed by atoms with van der Waals surface area (Å²) in [6.07, 6.45) is 90.8. The predicted molar refractivity (Wildman–Crippen MR) is 417 cm³/mol. The number of allylic oxidation sites excluding steroid dienone is 22. The summed E-state index contributed by atoms with van der Waals surface area (Å²) in [7, 11) is -9.79. The van der Waals surface area contributed by atoms with Crippen LogP contribution in [0.3, 0.4) is 0 Å². The third kappa shape index (κ3) is 76.6. The van der Waals surface area contributed by atoms with Crippen molar-refractivity contribution >= 4 is 33.6 Å². The molecule has 0 aliphatic heterocycles. The maximum absolute atomic E-state index is 12.9. The van der Waals surface area contributed by atoms with E-state index in [9.17, 15) is 43.5 Å². The van der Waals surface area contributed by atoms with Crippen molar-refractivity contribution in [2.75, 3.05) is 39.6 Å². The minimum Gasteiger partial charge on any atom is -0.463 e. The lowest BCUT2D eigenvalue weighted by atomic mass is 10.0. The Morgan fingerprint density at radius 1 is 0.287 bits per heavy atom. The van der Waals surface area contributed by atoms with Gasteiger partial charge in [-0.15, -0.1) is 0 Å². The van der Waals surface area contributed by atoms with Crippen LogP contribution < -0.4 is 0 Å². The van der Waals surface area contributed by atoms with E-state index in [-0.39, 0.29) is 19.3 Å². The van der Waals surface area contributed by atoms with Crippen LogP contribution in [0.25, 0.3) is 0 Å². The van der Waals surface area contributed by atoms with Gasteiger partial charge in [-0.1, -0.05) is 296 Å². The Bertz CT molecular complexity index is 2370. The highest BCUT2D eigenvalue weighted by molar-refractivity contribution is 7.47. The molecule has 0 rings (SSSR count). The van der Waals surface area contributed by atoms with E-state index in [4.69, 9.17) is 32.3 Å². The van der Waals surface area contributed by atoms with Gasteiger partial charge in [-0.25, -0.2) is 9.13 Å². The second-order valence-electron chi connectivity index (χ2n) is 26.1. The molecular formula is C83H142O16P2. The third-order valence-electron chi connectivity index (χ3n) is 16.3. The van der Waals surface area contributed by atoms with Gasteiger partial charge in [-0.05, 0) is 135 Å². The van der Waals surface area contributed by atoms with Crippen LogP contribution in [0.5, 0.6) is 0 Å². The number of carbonyl (C=O) groups is 3. The van der Waals surface area contributed by atoms with Crippen molar-refractivity contribution in [3.05, 3.63) is 134 Å². The first-order valence-corrected chi connectivity index (χ1v) is 42.5. The third-order valence-corrected chi connectivity index (χ3v) is 18.2. The van der Waals surface area contributed by atoms with Crippen LogP contribution in [0.15, 0.2) is 134 Å². The van der Waals surface area contributed by atoms with Crippen LogP contribution in [-0.4, -0.2) is 95.9 Å². The first-order chi connectivity index (χ1) is 49.2. The van der Waals surface area contributed by atoms with Gasteiger partial charge in [0.1, 0.15) is 25.4 Å². The van der Waals surface area contributed by atoms with Gasteiger partial charge in [0.25, 0.3) is 0 Å². The molecule has 0 aliphatic carbocycles. The van der Waals surface area contributed by atoms with Crippen molar-refractivity contribution in [1.82, 2.24) is 0 Å². The number of carbonyl (C=O) groups excluding carboxylic acids is 3. The largest absolute Gasteiger partial charge is 0.472 e. The lowest BCUT2D eigenvalue weighted by Gasteiger charge is -2.21. The second-order valence-corrected chi connectivity index (χ2v) is 29.0. The van der Waals surface area contributed by atoms with Gasteiger partial charge in [0, 0.05) is 19.3 Å². The summed E-state index contributed by atoms with van der Waals surface area (Å²) in [5.41, 5.74) is 0. The van der Waals surface area contributed by atoms with Gasteiger partial charge < -0.3 is 34.2 Å². The molecule has 0 aliphatic rings. The van der Waals surface area contributed by atoms with E-state index in [2.05, 4.69) is 154 Å². The van der Waals surface area contributed by atoms with Gasteiger partial charge in [0.2, 0.25) is 0 Å². The standard InChI is InChI=1S/C83H142O16P2/c1-4-7-10-13-16-19-22-25-28-30-31-32-33-34-35-36-37-38-39-40-41-42-43-44-45-47-50-51-54-57-60-63-66-69-81(86)93-72-78(84)73-95-100(89,90)96-74-79(85)75-97-101(91,92)98-77-80(99-83(88)71-68-65-62-59-56-53-48-27-24-21-18-15-12-9-6-3)76-94-82(87)70-67-64-61-58-55-52-49-46-29-26-23-20-17-14-11-8-5-2/h7-8,10-11,16-21,25-29,31-32,34-35,37-38,48,78-80,84-85H,4-6,9,12-15,22-24,30,33,36,39-47,49-77H2,1-3H3,(H,89,90)(H,91,92)/b10-7-,11-8-,19-16-,20-17-,21-18-,28-25-,29-26-,32-31-,35-34-,38-37-,48-27-. The Morgan fingerprint density at radius 3 is 0.832 bits per heavy atom. The predicted octanol–water partition coefficient (Wildman–Crippen LogP) is 23.1. The molecule has 0 spiro atoms. The topological polar surface area (TPSA) is 231 Å². The molecule has 0 aromatic carbocycles. The van der Waals surface area contributed by atoms with Gasteiger partial charge in [-0.3, -0.25) is 32.5 Å². The normalized spacial score (nSPS) is 14.7. The Labute approximate surface area is 614 Å². The van der Waals surface area contributed by atoms with Gasteiger partial charge in [-0.2, -0.15) is 0 Å². The van der Waals surface area contributed by atoms with Crippen molar-refractivity contribution in [2.24, 2.45) is 0 Å². The van der Waals surface area contributed by atoms with Crippen molar-refractivity contribution in [3.8, 4) is 0 Å². The minimum atomic E-state index is -4.93. The molecule has 0 aromatic heterocycles. The van der Waals surface area contributed by atoms with Crippen LogP contribution in [-0.2, 0) is 55.8 Å². The van der Waals surface area contributed by atoms with Crippen molar-refractivity contribution in [1.29, 1.82) is 0 Å². The Kier molecular flexibility index (Phi) is 72.2. The summed E-state index contributed by atoms with van der Waals surface area (Å²) in [5.74, 6) is -1.60. The quantitative estimate of drug-likeness (QED) is 0.0146. The number of esters is 3. The molecule has 0 saturated carbocycles.